The minimum Gasteiger partial charge on any atom is -0.344 e. The summed E-state index contributed by atoms with van der Waals surface area (Å²) in [6.07, 6.45) is -0.306. The molecule has 0 spiro atoms. The molecule has 1 aliphatic heterocycles. The highest BCUT2D eigenvalue weighted by molar-refractivity contribution is 7.26. The molecule has 0 saturated carbocycles. The Morgan fingerprint density at radius 3 is 1.96 bits per heavy atom. The molecule has 8 aromatic carbocycles. The van der Waals surface area contributed by atoms with Gasteiger partial charge in [0.15, 0.2) is 5.84 Å². The van der Waals surface area contributed by atoms with Gasteiger partial charge in [-0.15, -0.1) is 22.7 Å². The number of aromatic nitrogens is 1. The largest absolute Gasteiger partial charge is 0.344 e. The van der Waals surface area contributed by atoms with Gasteiger partial charge in [0.2, 0.25) is 0 Å². The van der Waals surface area contributed by atoms with Crippen LogP contribution in [0.4, 0.5) is 0 Å². The third kappa shape index (κ3) is 5.18. The fraction of sp³-hybridized carbons (Fsp3) is 0.0196. The van der Waals surface area contributed by atoms with Crippen molar-refractivity contribution in [1.29, 1.82) is 0 Å². The number of benzene rings is 8. The Bertz CT molecular complexity index is 3390. The predicted molar refractivity (Wildman–Crippen MR) is 244 cm³/mol. The predicted octanol–water partition coefficient (Wildman–Crippen LogP) is 13.7. The van der Waals surface area contributed by atoms with Crippen molar-refractivity contribution in [2.24, 2.45) is 9.98 Å². The first-order valence-electron chi connectivity index (χ1n) is 19.2. The SMILES string of the molecule is c1ccc(C2=NC(c3cccc4sc5c(-c6ccc7sc8cc(-n9c%10ccccc%10c%10ccccc%109)ccc8c7c6)cccc5c34)NC(c3ccccc3)=N2)cc1. The third-order valence-electron chi connectivity index (χ3n) is 11.3. The number of thiophene rings is 2. The van der Waals surface area contributed by atoms with Crippen LogP contribution in [0.1, 0.15) is 22.9 Å². The Morgan fingerprint density at radius 2 is 1.18 bits per heavy atom. The van der Waals surface area contributed by atoms with E-state index in [9.17, 15) is 0 Å². The van der Waals surface area contributed by atoms with Crippen LogP contribution in [-0.2, 0) is 0 Å². The van der Waals surface area contributed by atoms with E-state index in [4.69, 9.17) is 9.98 Å². The lowest BCUT2D eigenvalue weighted by Gasteiger charge is -2.24. The zero-order valence-electron chi connectivity index (χ0n) is 30.6. The first-order chi connectivity index (χ1) is 28.2. The smallest absolute Gasteiger partial charge is 0.159 e. The Balaban J connectivity index is 0.973. The van der Waals surface area contributed by atoms with Crippen molar-refractivity contribution < 1.29 is 0 Å². The number of rotatable bonds is 5. The van der Waals surface area contributed by atoms with Crippen LogP contribution in [0.25, 0.3) is 79.0 Å². The molecule has 3 aromatic heterocycles. The summed E-state index contributed by atoms with van der Waals surface area (Å²) in [5.41, 5.74) is 9.31. The van der Waals surface area contributed by atoms with E-state index in [0.29, 0.717) is 0 Å². The van der Waals surface area contributed by atoms with E-state index >= 15 is 0 Å². The average Bonchev–Trinajstić information content (AvgIpc) is 3.96. The third-order valence-corrected chi connectivity index (χ3v) is 13.6. The zero-order chi connectivity index (χ0) is 37.5. The molecule has 11 aromatic rings. The van der Waals surface area contributed by atoms with Crippen molar-refractivity contribution in [3.05, 3.63) is 199 Å². The van der Waals surface area contributed by atoms with Crippen LogP contribution in [0.5, 0.6) is 0 Å². The summed E-state index contributed by atoms with van der Waals surface area (Å²) in [6, 6.07) is 65.4. The molecule has 0 fully saturated rings. The topological polar surface area (TPSA) is 41.7 Å². The molecule has 0 radical (unpaired) electrons. The minimum atomic E-state index is -0.306. The van der Waals surface area contributed by atoms with Crippen molar-refractivity contribution in [1.82, 2.24) is 9.88 Å². The number of fused-ring (bicyclic) bond motifs is 9. The van der Waals surface area contributed by atoms with E-state index in [2.05, 4.69) is 168 Å². The molecule has 57 heavy (non-hydrogen) atoms. The maximum absolute atomic E-state index is 5.25. The van der Waals surface area contributed by atoms with Gasteiger partial charge in [-0.1, -0.05) is 140 Å². The Labute approximate surface area is 336 Å². The van der Waals surface area contributed by atoms with Crippen LogP contribution < -0.4 is 5.32 Å². The molecule has 1 N–H and O–H groups in total. The van der Waals surface area contributed by atoms with Gasteiger partial charge in [-0.2, -0.15) is 0 Å². The highest BCUT2D eigenvalue weighted by Crippen LogP contribution is 2.45. The van der Waals surface area contributed by atoms with Crippen molar-refractivity contribution in [2.75, 3.05) is 0 Å². The van der Waals surface area contributed by atoms with Crippen LogP contribution >= 0.6 is 22.7 Å². The number of para-hydroxylation sites is 2. The second kappa shape index (κ2) is 12.8. The van der Waals surface area contributed by atoms with Crippen molar-refractivity contribution in [3.8, 4) is 16.8 Å². The molecule has 1 unspecified atom stereocenters. The molecule has 12 rings (SSSR count). The van der Waals surface area contributed by atoms with Crippen molar-refractivity contribution in [3.63, 3.8) is 0 Å². The van der Waals surface area contributed by atoms with Gasteiger partial charge in [-0.25, -0.2) is 9.98 Å². The molecule has 1 aliphatic rings. The van der Waals surface area contributed by atoms with Crippen molar-refractivity contribution in [2.45, 2.75) is 6.17 Å². The van der Waals surface area contributed by atoms with Crippen LogP contribution in [0.15, 0.2) is 192 Å². The average molecular weight is 765 g/mol. The molecule has 0 saturated heterocycles. The van der Waals surface area contributed by atoms with Gasteiger partial charge in [0.25, 0.3) is 0 Å². The van der Waals surface area contributed by atoms with E-state index in [1.165, 1.54) is 79.0 Å². The quantitative estimate of drug-likeness (QED) is 0.186. The lowest BCUT2D eigenvalue weighted by atomic mass is 9.98. The van der Waals surface area contributed by atoms with Crippen LogP contribution in [0, 0.1) is 0 Å². The van der Waals surface area contributed by atoms with E-state index in [1.807, 2.05) is 46.9 Å². The standard InChI is InChI=1S/C51H32N4S2/c1-3-13-31(14-4-1)49-52-50(32-15-5-2-6-16-32)54-51(53-49)40-21-12-24-45-47(40)39-20-11-19-35(48(39)57-45)33-25-28-44-41(29-33)38-27-26-34(30-46(38)56-44)55-42-22-9-7-17-36(42)37-18-8-10-23-43(37)55/h1-30,51H,(H,52,53,54). The number of hydrogen-bond donors (Lipinski definition) is 1. The lowest BCUT2D eigenvalue weighted by molar-refractivity contribution is 0.680. The first kappa shape index (κ1) is 32.4. The molecule has 4 heterocycles. The molecule has 268 valence electrons. The molecule has 0 aliphatic carbocycles. The van der Waals surface area contributed by atoms with E-state index in [1.54, 1.807) is 0 Å². The highest BCUT2D eigenvalue weighted by Gasteiger charge is 2.24. The molecule has 4 nitrogen and oxygen atoms in total. The van der Waals surface area contributed by atoms with Gasteiger partial charge in [-0.05, 0) is 53.6 Å². The van der Waals surface area contributed by atoms with Crippen LogP contribution in [0.2, 0.25) is 0 Å². The van der Waals surface area contributed by atoms with E-state index in [0.717, 1.165) is 28.4 Å². The molecule has 0 amide bonds. The summed E-state index contributed by atoms with van der Waals surface area (Å²) in [5.74, 6) is 1.55. The first-order valence-corrected chi connectivity index (χ1v) is 20.8. The Hall–Kier alpha value is -6.86. The van der Waals surface area contributed by atoms with Gasteiger partial charge in [-0.3, -0.25) is 0 Å². The monoisotopic (exact) mass is 764 g/mol. The van der Waals surface area contributed by atoms with Gasteiger partial charge in [0, 0.05) is 73.5 Å². The summed E-state index contributed by atoms with van der Waals surface area (Å²) in [6.45, 7) is 0. The minimum absolute atomic E-state index is 0.306. The number of hydrogen-bond acceptors (Lipinski definition) is 5. The van der Waals surface area contributed by atoms with Gasteiger partial charge >= 0.3 is 0 Å². The summed E-state index contributed by atoms with van der Waals surface area (Å²) in [4.78, 5) is 10.3. The number of nitrogens with zero attached hydrogens (tertiary/aromatic N) is 3. The highest BCUT2D eigenvalue weighted by atomic mass is 32.1. The maximum atomic E-state index is 5.25. The normalized spacial score (nSPS) is 14.5. The van der Waals surface area contributed by atoms with Crippen LogP contribution in [-0.4, -0.2) is 16.2 Å². The number of nitrogens with one attached hydrogen (secondary N) is 1. The second-order valence-electron chi connectivity index (χ2n) is 14.6. The van der Waals surface area contributed by atoms with Gasteiger partial charge in [0.05, 0.1) is 11.0 Å². The summed E-state index contributed by atoms with van der Waals surface area (Å²) in [5, 5.41) is 11.3. The zero-order valence-corrected chi connectivity index (χ0v) is 32.2. The fourth-order valence-electron chi connectivity index (χ4n) is 8.67. The van der Waals surface area contributed by atoms with E-state index in [-0.39, 0.29) is 6.17 Å². The van der Waals surface area contributed by atoms with Crippen molar-refractivity contribution >= 4 is 96.5 Å². The maximum Gasteiger partial charge on any atom is 0.159 e. The van der Waals surface area contributed by atoms with Gasteiger partial charge < -0.3 is 9.88 Å². The summed E-state index contributed by atoms with van der Waals surface area (Å²) < 4.78 is 7.52. The molecule has 6 heteroatoms. The molecule has 1 atom stereocenters. The molecular weight excluding hydrogens is 733 g/mol. The fourth-order valence-corrected chi connectivity index (χ4v) is 11.1. The molecule has 0 bridgehead atoms. The second-order valence-corrected chi connectivity index (χ2v) is 16.7. The number of aliphatic imine (C=N–C) groups is 2. The van der Waals surface area contributed by atoms with Crippen LogP contribution in [0.3, 0.4) is 0 Å². The Morgan fingerprint density at radius 1 is 0.474 bits per heavy atom. The molecular formula is C51H32N4S2. The Kier molecular flexibility index (Phi) is 7.30. The summed E-state index contributed by atoms with van der Waals surface area (Å²) in [7, 11) is 0. The van der Waals surface area contributed by atoms with Gasteiger partial charge in [0.1, 0.15) is 12.0 Å². The van der Waals surface area contributed by atoms with E-state index < -0.39 is 0 Å². The summed E-state index contributed by atoms with van der Waals surface area (Å²) >= 11 is 3.73. The number of amidine groups is 2. The lowest BCUT2D eigenvalue weighted by Crippen LogP contribution is -2.33.